The zero-order chi connectivity index (χ0) is 22.7. The summed E-state index contributed by atoms with van der Waals surface area (Å²) in [5, 5.41) is 6.85. The lowest BCUT2D eigenvalue weighted by atomic mass is 10.1. The van der Waals surface area contributed by atoms with Crippen molar-refractivity contribution in [1.82, 2.24) is 0 Å². The second kappa shape index (κ2) is 8.68. The van der Waals surface area contributed by atoms with E-state index in [1.54, 1.807) is 12.1 Å². The fraction of sp³-hybridized carbons (Fsp3) is 0.0870. The molecular formula is C23H19N3O6. The largest absolute Gasteiger partial charge is 0.495 e. The third-order valence-corrected chi connectivity index (χ3v) is 4.70. The van der Waals surface area contributed by atoms with Gasteiger partial charge in [-0.1, -0.05) is 18.2 Å². The second-order valence-corrected chi connectivity index (χ2v) is 6.84. The summed E-state index contributed by atoms with van der Waals surface area (Å²) in [4.78, 5) is 35.4. The van der Waals surface area contributed by atoms with Gasteiger partial charge in [0.15, 0.2) is 6.61 Å². The molecule has 0 bridgehead atoms. The maximum atomic E-state index is 12.4. The van der Waals surface area contributed by atoms with Crippen LogP contribution in [0.2, 0.25) is 0 Å². The van der Waals surface area contributed by atoms with Gasteiger partial charge in [0, 0.05) is 22.5 Å². The molecule has 0 saturated heterocycles. The first-order chi connectivity index (χ1) is 15.4. The zero-order valence-corrected chi connectivity index (χ0v) is 17.0. The number of rotatable bonds is 6. The summed E-state index contributed by atoms with van der Waals surface area (Å²) in [5.41, 5.74) is 7.38. The molecule has 3 amide bonds. The van der Waals surface area contributed by atoms with Crippen LogP contribution in [0.3, 0.4) is 0 Å². The van der Waals surface area contributed by atoms with Crippen molar-refractivity contribution in [2.75, 3.05) is 24.4 Å². The average molecular weight is 433 g/mol. The Hall–Kier alpha value is -4.53. The maximum Gasteiger partial charge on any atom is 0.338 e. The van der Waals surface area contributed by atoms with Crippen molar-refractivity contribution in [1.29, 1.82) is 0 Å². The molecule has 4 aromatic rings. The number of anilines is 2. The highest BCUT2D eigenvalue weighted by atomic mass is 16.5. The zero-order valence-electron chi connectivity index (χ0n) is 17.0. The van der Waals surface area contributed by atoms with Crippen molar-refractivity contribution in [3.8, 4) is 5.75 Å². The summed E-state index contributed by atoms with van der Waals surface area (Å²) >= 11 is 0. The standard InChI is InChI=1S/C23H19N3O6/c1-30-20-10-16-15-4-2-3-5-18(15)32-19(16)11-17(20)26-21(27)12-31-22(28)13-6-8-14(9-7-13)25-23(24)29/h2-11H,12H2,1H3,(H,26,27)(H3,24,25,29). The van der Waals surface area contributed by atoms with E-state index in [1.165, 1.54) is 31.4 Å². The van der Waals surface area contributed by atoms with E-state index in [0.29, 0.717) is 22.7 Å². The topological polar surface area (TPSA) is 133 Å². The number of urea groups is 1. The van der Waals surface area contributed by atoms with Gasteiger partial charge >= 0.3 is 12.0 Å². The minimum atomic E-state index is -0.715. The minimum Gasteiger partial charge on any atom is -0.495 e. The van der Waals surface area contributed by atoms with Gasteiger partial charge in [-0.2, -0.15) is 0 Å². The molecule has 9 nitrogen and oxygen atoms in total. The molecular weight excluding hydrogens is 414 g/mol. The summed E-state index contributed by atoms with van der Waals surface area (Å²) in [6, 6.07) is 16.2. The van der Waals surface area contributed by atoms with Crippen LogP contribution in [-0.2, 0) is 9.53 Å². The average Bonchev–Trinajstić information content (AvgIpc) is 3.14. The number of hydrogen-bond donors (Lipinski definition) is 3. The molecule has 0 unspecified atom stereocenters. The van der Waals surface area contributed by atoms with E-state index >= 15 is 0 Å². The minimum absolute atomic E-state index is 0.217. The fourth-order valence-corrected chi connectivity index (χ4v) is 3.25. The molecule has 32 heavy (non-hydrogen) atoms. The summed E-state index contributed by atoms with van der Waals surface area (Å²) < 4.78 is 16.3. The van der Waals surface area contributed by atoms with E-state index in [1.807, 2.05) is 24.3 Å². The molecule has 0 aliphatic carbocycles. The van der Waals surface area contributed by atoms with Crippen LogP contribution in [0.5, 0.6) is 5.75 Å². The predicted octanol–water partition coefficient (Wildman–Crippen LogP) is 3.88. The van der Waals surface area contributed by atoms with E-state index < -0.39 is 24.5 Å². The maximum absolute atomic E-state index is 12.4. The normalized spacial score (nSPS) is 10.7. The van der Waals surface area contributed by atoms with Crippen molar-refractivity contribution in [3.05, 3.63) is 66.2 Å². The number of carbonyl (C=O) groups is 3. The predicted molar refractivity (Wildman–Crippen MR) is 119 cm³/mol. The lowest BCUT2D eigenvalue weighted by Crippen LogP contribution is -2.21. The molecule has 9 heteroatoms. The molecule has 1 heterocycles. The molecule has 1 aromatic heterocycles. The Balaban J connectivity index is 1.43. The number of ether oxygens (including phenoxy) is 2. The number of amides is 3. The van der Waals surface area contributed by atoms with Crippen molar-refractivity contribution in [3.63, 3.8) is 0 Å². The number of para-hydroxylation sites is 1. The van der Waals surface area contributed by atoms with Gasteiger partial charge in [0.1, 0.15) is 16.9 Å². The summed E-state index contributed by atoms with van der Waals surface area (Å²) in [6.45, 7) is -0.499. The Morgan fingerprint density at radius 1 is 0.938 bits per heavy atom. The monoisotopic (exact) mass is 433 g/mol. The SMILES string of the molecule is COc1cc2c(cc1NC(=O)COC(=O)c1ccc(NC(N)=O)cc1)oc1ccccc12. The third kappa shape index (κ3) is 4.31. The molecule has 0 saturated carbocycles. The van der Waals surface area contributed by atoms with Gasteiger partial charge in [-0.05, 0) is 36.4 Å². The molecule has 4 N–H and O–H groups in total. The number of methoxy groups -OCH3 is 1. The molecule has 4 rings (SSSR count). The van der Waals surface area contributed by atoms with Gasteiger partial charge in [0.2, 0.25) is 0 Å². The summed E-state index contributed by atoms with van der Waals surface area (Å²) in [7, 11) is 1.50. The van der Waals surface area contributed by atoms with Gasteiger partial charge in [-0.3, -0.25) is 4.79 Å². The van der Waals surface area contributed by atoms with Gasteiger partial charge < -0.3 is 30.3 Å². The van der Waals surface area contributed by atoms with E-state index in [9.17, 15) is 14.4 Å². The quantitative estimate of drug-likeness (QED) is 0.395. The van der Waals surface area contributed by atoms with Crippen LogP contribution < -0.4 is 21.1 Å². The van der Waals surface area contributed by atoms with Crippen LogP contribution in [0.25, 0.3) is 21.9 Å². The Morgan fingerprint density at radius 3 is 2.41 bits per heavy atom. The molecule has 0 atom stereocenters. The lowest BCUT2D eigenvalue weighted by Gasteiger charge is -2.11. The molecule has 0 aliphatic heterocycles. The third-order valence-electron chi connectivity index (χ3n) is 4.70. The smallest absolute Gasteiger partial charge is 0.338 e. The highest BCUT2D eigenvalue weighted by Gasteiger charge is 2.16. The Bertz CT molecular complexity index is 1330. The number of benzene rings is 3. The summed E-state index contributed by atoms with van der Waals surface area (Å²) in [6.07, 6.45) is 0. The first kappa shape index (κ1) is 20.7. The number of esters is 1. The van der Waals surface area contributed by atoms with E-state index in [2.05, 4.69) is 10.6 Å². The van der Waals surface area contributed by atoms with E-state index in [0.717, 1.165) is 16.4 Å². The molecule has 162 valence electrons. The Kier molecular flexibility index (Phi) is 5.63. The van der Waals surface area contributed by atoms with E-state index in [-0.39, 0.29) is 5.56 Å². The van der Waals surface area contributed by atoms with Gasteiger partial charge in [-0.25, -0.2) is 9.59 Å². The van der Waals surface area contributed by atoms with Crippen molar-refractivity contribution in [2.24, 2.45) is 5.73 Å². The number of nitrogens with one attached hydrogen (secondary N) is 2. The van der Waals surface area contributed by atoms with Crippen LogP contribution in [0, 0.1) is 0 Å². The van der Waals surface area contributed by atoms with Gasteiger partial charge in [0.25, 0.3) is 5.91 Å². The first-order valence-corrected chi connectivity index (χ1v) is 9.57. The lowest BCUT2D eigenvalue weighted by molar-refractivity contribution is -0.119. The van der Waals surface area contributed by atoms with Gasteiger partial charge in [-0.15, -0.1) is 0 Å². The Labute approximate surface area is 182 Å². The second-order valence-electron chi connectivity index (χ2n) is 6.84. The molecule has 0 radical (unpaired) electrons. The molecule has 0 aliphatic rings. The summed E-state index contributed by atoms with van der Waals surface area (Å²) in [5.74, 6) is -0.786. The number of nitrogens with two attached hydrogens (primary N) is 1. The van der Waals surface area contributed by atoms with Crippen LogP contribution in [-0.4, -0.2) is 31.6 Å². The Morgan fingerprint density at radius 2 is 1.69 bits per heavy atom. The van der Waals surface area contributed by atoms with Crippen molar-refractivity contribution in [2.45, 2.75) is 0 Å². The van der Waals surface area contributed by atoms with Gasteiger partial charge in [0.05, 0.1) is 18.4 Å². The highest BCUT2D eigenvalue weighted by Crippen LogP contribution is 2.36. The molecule has 0 spiro atoms. The van der Waals surface area contributed by atoms with Crippen molar-refractivity contribution < 1.29 is 28.3 Å². The van der Waals surface area contributed by atoms with Crippen LogP contribution in [0.15, 0.2) is 65.1 Å². The van der Waals surface area contributed by atoms with E-state index in [4.69, 9.17) is 19.6 Å². The molecule has 0 fully saturated rings. The fourth-order valence-electron chi connectivity index (χ4n) is 3.25. The number of fused-ring (bicyclic) bond motifs is 3. The molecule has 3 aromatic carbocycles. The number of furan rings is 1. The highest BCUT2D eigenvalue weighted by molar-refractivity contribution is 6.08. The number of carbonyl (C=O) groups excluding carboxylic acids is 3. The van der Waals surface area contributed by atoms with Crippen LogP contribution in [0.1, 0.15) is 10.4 Å². The first-order valence-electron chi connectivity index (χ1n) is 9.57. The van der Waals surface area contributed by atoms with Crippen LogP contribution >= 0.6 is 0 Å². The van der Waals surface area contributed by atoms with Crippen molar-refractivity contribution >= 4 is 51.2 Å². The van der Waals surface area contributed by atoms with Crippen LogP contribution in [0.4, 0.5) is 16.2 Å². The number of hydrogen-bond acceptors (Lipinski definition) is 6. The number of primary amides is 1.